The van der Waals surface area contributed by atoms with Crippen molar-refractivity contribution in [1.82, 2.24) is 0 Å². The average molecular weight is 265 g/mol. The average Bonchev–Trinajstić information content (AvgIpc) is 3.17. The number of anilines is 1. The smallest absolute Gasteiger partial charge is 0.164 e. The topological polar surface area (TPSA) is 38.3 Å². The Labute approximate surface area is 113 Å². The molecule has 0 bridgehead atoms. The lowest BCUT2D eigenvalue weighted by atomic mass is 10.1. The van der Waals surface area contributed by atoms with Crippen LogP contribution in [0.1, 0.15) is 36.5 Å². The summed E-state index contributed by atoms with van der Waals surface area (Å²) in [6, 6.07) is 4.64. The molecule has 4 heteroatoms. The van der Waals surface area contributed by atoms with Gasteiger partial charge in [0.15, 0.2) is 5.78 Å². The molecule has 1 aromatic rings. The number of carbonyl (C=O) groups excluding carboxylic acids is 1. The largest absolute Gasteiger partial charge is 0.384 e. The van der Waals surface area contributed by atoms with Crippen molar-refractivity contribution in [3.63, 3.8) is 0 Å². The first-order valence-corrected chi connectivity index (χ1v) is 6.79. The molecule has 3 nitrogen and oxygen atoms in total. The van der Waals surface area contributed by atoms with Crippen molar-refractivity contribution in [2.24, 2.45) is 5.92 Å². The summed E-state index contributed by atoms with van der Waals surface area (Å²) in [6.07, 6.45) is 3.44. The Hall–Kier alpha value is -1.42. The molecule has 104 valence electrons. The molecule has 19 heavy (non-hydrogen) atoms. The van der Waals surface area contributed by atoms with E-state index in [1.165, 1.54) is 25.8 Å². The molecule has 1 aliphatic rings. The number of hydrogen-bond acceptors (Lipinski definition) is 3. The number of hydrogen-bond donors (Lipinski definition) is 1. The third kappa shape index (κ3) is 4.31. The van der Waals surface area contributed by atoms with Gasteiger partial charge in [-0.3, -0.25) is 4.79 Å². The van der Waals surface area contributed by atoms with E-state index < -0.39 is 5.82 Å². The Kier molecular flexibility index (Phi) is 4.91. The van der Waals surface area contributed by atoms with Crippen molar-refractivity contribution in [3.8, 4) is 0 Å². The number of benzene rings is 1. The van der Waals surface area contributed by atoms with E-state index in [1.54, 1.807) is 12.1 Å². The summed E-state index contributed by atoms with van der Waals surface area (Å²) in [4.78, 5) is 11.4. The fourth-order valence-corrected chi connectivity index (χ4v) is 1.96. The van der Waals surface area contributed by atoms with Crippen LogP contribution in [0.4, 0.5) is 10.1 Å². The van der Waals surface area contributed by atoms with Crippen LogP contribution in [0.5, 0.6) is 0 Å². The van der Waals surface area contributed by atoms with Crippen LogP contribution in [0.2, 0.25) is 0 Å². The molecule has 0 radical (unpaired) electrons. The second kappa shape index (κ2) is 6.66. The van der Waals surface area contributed by atoms with Crippen LogP contribution < -0.4 is 5.32 Å². The van der Waals surface area contributed by atoms with Crippen molar-refractivity contribution < 1.29 is 13.9 Å². The first-order chi connectivity index (χ1) is 9.18. The normalized spacial score (nSPS) is 14.4. The Morgan fingerprint density at radius 3 is 2.95 bits per heavy atom. The van der Waals surface area contributed by atoms with Gasteiger partial charge < -0.3 is 10.1 Å². The van der Waals surface area contributed by atoms with Gasteiger partial charge in [-0.1, -0.05) is 6.07 Å². The molecule has 0 heterocycles. The molecule has 1 fully saturated rings. The molecular formula is C15H20FNO2. The van der Waals surface area contributed by atoms with E-state index in [0.29, 0.717) is 18.8 Å². The first kappa shape index (κ1) is 14.0. The predicted molar refractivity (Wildman–Crippen MR) is 73.1 cm³/mol. The monoisotopic (exact) mass is 265 g/mol. The summed E-state index contributed by atoms with van der Waals surface area (Å²) in [5.41, 5.74) is 0.705. The van der Waals surface area contributed by atoms with Gasteiger partial charge in [0.25, 0.3) is 0 Å². The Morgan fingerprint density at radius 2 is 2.26 bits per heavy atom. The van der Waals surface area contributed by atoms with Gasteiger partial charge in [-0.15, -0.1) is 0 Å². The fraction of sp³-hybridized carbons (Fsp3) is 0.533. The summed E-state index contributed by atoms with van der Waals surface area (Å²) in [7, 11) is 0. The molecule has 1 aromatic carbocycles. The van der Waals surface area contributed by atoms with Crippen molar-refractivity contribution in [2.45, 2.75) is 26.2 Å². The second-order valence-corrected chi connectivity index (χ2v) is 5.02. The maximum Gasteiger partial charge on any atom is 0.164 e. The number of halogens is 1. The molecule has 0 aliphatic heterocycles. The van der Waals surface area contributed by atoms with E-state index in [0.717, 1.165) is 18.9 Å². The zero-order chi connectivity index (χ0) is 13.7. The molecular weight excluding hydrogens is 245 g/mol. The molecule has 0 amide bonds. The molecule has 0 spiro atoms. The lowest BCUT2D eigenvalue weighted by Crippen LogP contribution is -2.10. The first-order valence-electron chi connectivity index (χ1n) is 6.79. The molecule has 1 aliphatic carbocycles. The van der Waals surface area contributed by atoms with E-state index in [9.17, 15) is 9.18 Å². The number of ketones is 1. The molecule has 1 saturated carbocycles. The maximum atomic E-state index is 13.5. The van der Waals surface area contributed by atoms with E-state index in [4.69, 9.17) is 4.74 Å². The van der Waals surface area contributed by atoms with Gasteiger partial charge >= 0.3 is 0 Å². The molecule has 0 atom stereocenters. The maximum absolute atomic E-state index is 13.5. The summed E-state index contributed by atoms with van der Waals surface area (Å²) in [6.45, 7) is 3.61. The zero-order valence-corrected chi connectivity index (χ0v) is 11.2. The van der Waals surface area contributed by atoms with Crippen LogP contribution in [-0.4, -0.2) is 25.5 Å². The highest BCUT2D eigenvalue weighted by molar-refractivity contribution is 5.99. The van der Waals surface area contributed by atoms with Crippen molar-refractivity contribution >= 4 is 11.5 Å². The predicted octanol–water partition coefficient (Wildman–Crippen LogP) is 3.26. The van der Waals surface area contributed by atoms with Crippen LogP contribution in [-0.2, 0) is 4.74 Å². The minimum atomic E-state index is -0.470. The van der Waals surface area contributed by atoms with E-state index in [-0.39, 0.29) is 11.3 Å². The summed E-state index contributed by atoms with van der Waals surface area (Å²) in [5, 5.41) is 3.10. The lowest BCUT2D eigenvalue weighted by molar-refractivity contribution is 0.101. The zero-order valence-electron chi connectivity index (χ0n) is 11.2. The highest BCUT2D eigenvalue weighted by Crippen LogP contribution is 2.28. The number of Topliss-reactive ketones (excluding diaryl/α,β-unsaturated/α-hetero) is 1. The van der Waals surface area contributed by atoms with Crippen LogP contribution in [0.15, 0.2) is 18.2 Å². The lowest BCUT2D eigenvalue weighted by Gasteiger charge is -2.11. The third-order valence-electron chi connectivity index (χ3n) is 3.20. The van der Waals surface area contributed by atoms with Crippen LogP contribution >= 0.6 is 0 Å². The van der Waals surface area contributed by atoms with E-state index >= 15 is 0 Å². The Balaban J connectivity index is 1.75. The standard InChI is InChI=1S/C15H20FNO2/c1-11(18)15-13(16)4-2-5-14(15)17-8-3-9-19-10-12-6-7-12/h2,4-5,12,17H,3,6-10H2,1H3. The number of ether oxygens (including phenoxy) is 1. The van der Waals surface area contributed by atoms with Gasteiger partial charge in [0.05, 0.1) is 5.56 Å². The van der Waals surface area contributed by atoms with Gasteiger partial charge in [-0.25, -0.2) is 4.39 Å². The molecule has 2 rings (SSSR count). The second-order valence-electron chi connectivity index (χ2n) is 5.02. The molecule has 0 saturated heterocycles. The Morgan fingerprint density at radius 1 is 1.47 bits per heavy atom. The van der Waals surface area contributed by atoms with Gasteiger partial charge in [-0.05, 0) is 44.2 Å². The minimum Gasteiger partial charge on any atom is -0.384 e. The molecule has 0 aromatic heterocycles. The van der Waals surface area contributed by atoms with Crippen molar-refractivity contribution in [2.75, 3.05) is 25.1 Å². The van der Waals surface area contributed by atoms with Crippen LogP contribution in [0, 0.1) is 11.7 Å². The fourth-order valence-electron chi connectivity index (χ4n) is 1.96. The van der Waals surface area contributed by atoms with E-state index in [1.807, 2.05) is 0 Å². The highest BCUT2D eigenvalue weighted by Gasteiger charge is 2.20. The summed E-state index contributed by atoms with van der Waals surface area (Å²) in [5.74, 6) is 0.0496. The summed E-state index contributed by atoms with van der Waals surface area (Å²) < 4.78 is 19.1. The van der Waals surface area contributed by atoms with Gasteiger partial charge in [0, 0.05) is 25.4 Å². The van der Waals surface area contributed by atoms with Gasteiger partial charge in [0.1, 0.15) is 5.82 Å². The van der Waals surface area contributed by atoms with Crippen LogP contribution in [0.3, 0.4) is 0 Å². The third-order valence-corrected chi connectivity index (χ3v) is 3.20. The van der Waals surface area contributed by atoms with Crippen LogP contribution in [0.25, 0.3) is 0 Å². The SMILES string of the molecule is CC(=O)c1c(F)cccc1NCCCOCC1CC1. The van der Waals surface area contributed by atoms with Crippen molar-refractivity contribution in [1.29, 1.82) is 0 Å². The molecule has 0 unspecified atom stereocenters. The number of rotatable bonds is 8. The molecule has 1 N–H and O–H groups in total. The van der Waals surface area contributed by atoms with Crippen molar-refractivity contribution in [3.05, 3.63) is 29.6 Å². The summed E-state index contributed by atoms with van der Waals surface area (Å²) >= 11 is 0. The quantitative estimate of drug-likeness (QED) is 0.579. The number of carbonyl (C=O) groups is 1. The minimum absolute atomic E-state index is 0.140. The highest BCUT2D eigenvalue weighted by atomic mass is 19.1. The van der Waals surface area contributed by atoms with Gasteiger partial charge in [0.2, 0.25) is 0 Å². The number of nitrogens with one attached hydrogen (secondary N) is 1. The van der Waals surface area contributed by atoms with E-state index in [2.05, 4.69) is 5.32 Å². The van der Waals surface area contributed by atoms with Gasteiger partial charge in [-0.2, -0.15) is 0 Å². The Bertz CT molecular complexity index is 444.